The number of amides is 1. The summed E-state index contributed by atoms with van der Waals surface area (Å²) in [6.45, 7) is 4.07. The van der Waals surface area contributed by atoms with Crippen LogP contribution in [0, 0.1) is 5.92 Å². The minimum Gasteiger partial charge on any atom is -0.391 e. The van der Waals surface area contributed by atoms with Crippen molar-refractivity contribution in [1.82, 2.24) is 5.32 Å². The van der Waals surface area contributed by atoms with E-state index in [1.165, 1.54) is 0 Å². The maximum absolute atomic E-state index is 11.8. The van der Waals surface area contributed by atoms with Crippen LogP contribution in [-0.2, 0) is 4.79 Å². The number of benzene rings is 1. The highest BCUT2D eigenvalue weighted by Gasteiger charge is 2.17. The van der Waals surface area contributed by atoms with Crippen LogP contribution in [0.25, 0.3) is 0 Å². The Morgan fingerprint density at radius 1 is 1.24 bits per heavy atom. The predicted molar refractivity (Wildman–Crippen MR) is 84.5 cm³/mol. The van der Waals surface area contributed by atoms with Gasteiger partial charge in [-0.3, -0.25) is 4.79 Å². The van der Waals surface area contributed by atoms with Gasteiger partial charge in [0.15, 0.2) is 0 Å². The van der Waals surface area contributed by atoms with Crippen LogP contribution in [-0.4, -0.2) is 28.8 Å². The number of nitrogens with one attached hydrogen (secondary N) is 1. The monoisotopic (exact) mass is 333 g/mol. The molecular formula is C15H21Cl2NO3. The molecule has 4 nitrogen and oxygen atoms in total. The lowest BCUT2D eigenvalue weighted by Gasteiger charge is -2.18. The van der Waals surface area contributed by atoms with Gasteiger partial charge < -0.3 is 15.5 Å². The molecule has 0 radical (unpaired) electrons. The van der Waals surface area contributed by atoms with Gasteiger partial charge in [-0.25, -0.2) is 0 Å². The quantitative estimate of drug-likeness (QED) is 0.718. The molecule has 0 aromatic heterocycles. The lowest BCUT2D eigenvalue weighted by Crippen LogP contribution is -2.35. The first-order chi connectivity index (χ1) is 9.83. The Morgan fingerprint density at radius 2 is 1.81 bits per heavy atom. The van der Waals surface area contributed by atoms with Gasteiger partial charge in [0.25, 0.3) is 0 Å². The molecule has 0 heterocycles. The van der Waals surface area contributed by atoms with E-state index in [0.717, 1.165) is 6.42 Å². The van der Waals surface area contributed by atoms with Gasteiger partial charge in [-0.05, 0) is 29.7 Å². The average molecular weight is 334 g/mol. The Kier molecular flexibility index (Phi) is 7.46. The molecule has 0 bridgehead atoms. The van der Waals surface area contributed by atoms with Crippen LogP contribution in [0.1, 0.15) is 38.4 Å². The minimum atomic E-state index is -0.984. The number of rotatable bonds is 7. The SMILES string of the molecule is CCC(C)C(O)CNC(=O)CC(O)c1cc(Cl)cc(Cl)c1. The number of halogens is 2. The summed E-state index contributed by atoms with van der Waals surface area (Å²) in [5.74, 6) is -0.220. The highest BCUT2D eigenvalue weighted by molar-refractivity contribution is 6.34. The van der Waals surface area contributed by atoms with E-state index in [4.69, 9.17) is 23.2 Å². The second kappa shape index (κ2) is 8.59. The number of hydrogen-bond acceptors (Lipinski definition) is 3. The molecule has 1 amide bonds. The zero-order chi connectivity index (χ0) is 16.0. The summed E-state index contributed by atoms with van der Waals surface area (Å²) >= 11 is 11.7. The molecule has 1 aromatic carbocycles. The first-order valence-corrected chi connectivity index (χ1v) is 7.67. The summed E-state index contributed by atoms with van der Waals surface area (Å²) in [5, 5.41) is 23.2. The van der Waals surface area contributed by atoms with Crippen molar-refractivity contribution in [3.05, 3.63) is 33.8 Å². The molecule has 3 N–H and O–H groups in total. The van der Waals surface area contributed by atoms with Crippen LogP contribution in [0.2, 0.25) is 10.0 Å². The number of carbonyl (C=O) groups is 1. The van der Waals surface area contributed by atoms with Crippen molar-refractivity contribution in [2.75, 3.05) is 6.54 Å². The topological polar surface area (TPSA) is 69.6 Å². The third-order valence-electron chi connectivity index (χ3n) is 3.46. The van der Waals surface area contributed by atoms with Crippen molar-refractivity contribution in [1.29, 1.82) is 0 Å². The van der Waals surface area contributed by atoms with Crippen LogP contribution in [0.5, 0.6) is 0 Å². The molecule has 21 heavy (non-hydrogen) atoms. The standard InChI is InChI=1S/C15H21Cl2NO3/c1-3-9(2)14(20)8-18-15(21)7-13(19)10-4-11(16)6-12(17)5-10/h4-6,9,13-14,19-20H,3,7-8H2,1-2H3,(H,18,21). The van der Waals surface area contributed by atoms with Gasteiger partial charge in [-0.1, -0.05) is 43.5 Å². The van der Waals surface area contributed by atoms with Crippen LogP contribution < -0.4 is 5.32 Å². The molecule has 3 unspecified atom stereocenters. The molecule has 0 spiro atoms. The van der Waals surface area contributed by atoms with Crippen molar-refractivity contribution in [2.24, 2.45) is 5.92 Å². The van der Waals surface area contributed by atoms with E-state index in [1.807, 2.05) is 13.8 Å². The minimum absolute atomic E-state index is 0.107. The lowest BCUT2D eigenvalue weighted by atomic mass is 10.0. The Morgan fingerprint density at radius 3 is 2.33 bits per heavy atom. The number of aliphatic hydroxyl groups excluding tert-OH is 2. The van der Waals surface area contributed by atoms with Crippen molar-refractivity contribution in [2.45, 2.75) is 38.9 Å². The first-order valence-electron chi connectivity index (χ1n) is 6.92. The Bertz CT molecular complexity index is 462. The van der Waals surface area contributed by atoms with Gasteiger partial charge in [0, 0.05) is 16.6 Å². The van der Waals surface area contributed by atoms with Crippen LogP contribution >= 0.6 is 23.2 Å². The molecule has 0 saturated heterocycles. The maximum atomic E-state index is 11.8. The summed E-state index contributed by atoms with van der Waals surface area (Å²) in [4.78, 5) is 11.8. The van der Waals surface area contributed by atoms with Gasteiger partial charge in [0.1, 0.15) is 0 Å². The van der Waals surface area contributed by atoms with Crippen LogP contribution in [0.3, 0.4) is 0 Å². The fourth-order valence-corrected chi connectivity index (χ4v) is 2.37. The molecule has 0 aliphatic rings. The van der Waals surface area contributed by atoms with E-state index in [1.54, 1.807) is 18.2 Å². The summed E-state index contributed by atoms with van der Waals surface area (Å²) in [6.07, 6.45) is -0.844. The van der Waals surface area contributed by atoms with Gasteiger partial charge in [0.2, 0.25) is 5.91 Å². The van der Waals surface area contributed by atoms with E-state index in [0.29, 0.717) is 15.6 Å². The molecule has 0 aliphatic heterocycles. The summed E-state index contributed by atoms with van der Waals surface area (Å²) < 4.78 is 0. The summed E-state index contributed by atoms with van der Waals surface area (Å²) in [5.41, 5.74) is 0.491. The second-order valence-electron chi connectivity index (χ2n) is 5.18. The van der Waals surface area contributed by atoms with Crippen LogP contribution in [0.15, 0.2) is 18.2 Å². The largest absolute Gasteiger partial charge is 0.391 e. The van der Waals surface area contributed by atoms with Gasteiger partial charge in [-0.2, -0.15) is 0 Å². The van der Waals surface area contributed by atoms with Gasteiger partial charge in [-0.15, -0.1) is 0 Å². The normalized spacial score (nSPS) is 15.3. The fraction of sp³-hybridized carbons (Fsp3) is 0.533. The summed E-state index contributed by atoms with van der Waals surface area (Å²) in [7, 11) is 0. The summed E-state index contributed by atoms with van der Waals surface area (Å²) in [6, 6.07) is 4.70. The third kappa shape index (κ3) is 6.22. The molecule has 1 rings (SSSR count). The zero-order valence-electron chi connectivity index (χ0n) is 12.1. The van der Waals surface area contributed by atoms with Gasteiger partial charge in [0.05, 0.1) is 18.6 Å². The maximum Gasteiger partial charge on any atom is 0.223 e. The van der Waals surface area contributed by atoms with E-state index < -0.39 is 12.2 Å². The van der Waals surface area contributed by atoms with Crippen LogP contribution in [0.4, 0.5) is 0 Å². The molecule has 0 saturated carbocycles. The fourth-order valence-electron chi connectivity index (χ4n) is 1.82. The Labute approximate surface area is 135 Å². The molecule has 0 aliphatic carbocycles. The number of aliphatic hydroxyl groups is 2. The second-order valence-corrected chi connectivity index (χ2v) is 6.05. The number of carbonyl (C=O) groups excluding carboxylic acids is 1. The average Bonchev–Trinajstić information content (AvgIpc) is 2.42. The highest BCUT2D eigenvalue weighted by atomic mass is 35.5. The molecular weight excluding hydrogens is 313 g/mol. The lowest BCUT2D eigenvalue weighted by molar-refractivity contribution is -0.123. The molecule has 3 atom stereocenters. The molecule has 1 aromatic rings. The van der Waals surface area contributed by atoms with Crippen molar-refractivity contribution >= 4 is 29.1 Å². The van der Waals surface area contributed by atoms with Crippen molar-refractivity contribution < 1.29 is 15.0 Å². The van der Waals surface area contributed by atoms with E-state index in [-0.39, 0.29) is 24.8 Å². The van der Waals surface area contributed by atoms with E-state index in [2.05, 4.69) is 5.32 Å². The molecule has 6 heteroatoms. The smallest absolute Gasteiger partial charge is 0.223 e. The molecule has 0 fully saturated rings. The van der Waals surface area contributed by atoms with Crippen molar-refractivity contribution in [3.63, 3.8) is 0 Å². The highest BCUT2D eigenvalue weighted by Crippen LogP contribution is 2.25. The third-order valence-corrected chi connectivity index (χ3v) is 3.89. The van der Waals surface area contributed by atoms with Crippen molar-refractivity contribution in [3.8, 4) is 0 Å². The van der Waals surface area contributed by atoms with Gasteiger partial charge >= 0.3 is 0 Å². The predicted octanol–water partition coefficient (Wildman–Crippen LogP) is 2.94. The zero-order valence-corrected chi connectivity index (χ0v) is 13.7. The molecule has 118 valence electrons. The Hall–Kier alpha value is -0.810. The number of hydrogen-bond donors (Lipinski definition) is 3. The Balaban J connectivity index is 2.50. The van der Waals surface area contributed by atoms with E-state index >= 15 is 0 Å². The van der Waals surface area contributed by atoms with E-state index in [9.17, 15) is 15.0 Å². The first kappa shape index (κ1) is 18.2.